The summed E-state index contributed by atoms with van der Waals surface area (Å²) in [4.78, 5) is 68.2. The van der Waals surface area contributed by atoms with Crippen molar-refractivity contribution >= 4 is 24.0 Å². The Morgan fingerprint density at radius 3 is 1.89 bits per heavy atom. The van der Waals surface area contributed by atoms with Gasteiger partial charge in [-0.25, -0.2) is 38.8 Å². The Bertz CT molecular complexity index is 2030. The van der Waals surface area contributed by atoms with Gasteiger partial charge in [0.15, 0.2) is 0 Å². The molecule has 3 unspecified atom stereocenters. The van der Waals surface area contributed by atoms with E-state index in [1.807, 2.05) is 62.4 Å². The van der Waals surface area contributed by atoms with Crippen molar-refractivity contribution in [2.24, 2.45) is 11.8 Å². The van der Waals surface area contributed by atoms with Gasteiger partial charge >= 0.3 is 12.2 Å². The Kier molecular flexibility index (Phi) is 11.8. The van der Waals surface area contributed by atoms with Gasteiger partial charge in [0.25, 0.3) is 0 Å². The number of likely N-dealkylation sites (tertiary alicyclic amines) is 1. The van der Waals surface area contributed by atoms with E-state index in [9.17, 15) is 28.0 Å². The van der Waals surface area contributed by atoms with Crippen LogP contribution in [0.5, 0.6) is 0 Å². The molecule has 2 aromatic heterocycles. The minimum absolute atomic E-state index is 0.129. The van der Waals surface area contributed by atoms with Crippen LogP contribution in [0.3, 0.4) is 0 Å². The predicted octanol–water partition coefficient (Wildman–Crippen LogP) is 6.81. The van der Waals surface area contributed by atoms with Crippen LogP contribution in [0.1, 0.15) is 77.0 Å². The van der Waals surface area contributed by atoms with Gasteiger partial charge in [0.2, 0.25) is 17.7 Å². The molecule has 14 nitrogen and oxygen atoms in total. The van der Waals surface area contributed by atoms with Crippen LogP contribution < -0.4 is 10.7 Å². The minimum Gasteiger partial charge on any atom is -0.453 e. The molecule has 1 saturated heterocycles. The predicted molar refractivity (Wildman–Crippen MR) is 203 cm³/mol. The average molecular weight is 775 g/mol. The van der Waals surface area contributed by atoms with Crippen LogP contribution in [-0.4, -0.2) is 92.6 Å². The molecular weight excluding hydrogens is 726 g/mol. The quantitative estimate of drug-likeness (QED) is 0.127. The number of alkyl carbamates (subject to hydrolysis) is 1. The van der Waals surface area contributed by atoms with E-state index >= 15 is 0 Å². The smallest absolute Gasteiger partial charge is 0.425 e. The van der Waals surface area contributed by atoms with Gasteiger partial charge in [-0.2, -0.15) is 0 Å². The van der Waals surface area contributed by atoms with E-state index < -0.39 is 60.8 Å². The Balaban J connectivity index is 1.13. The number of imidazole rings is 2. The summed E-state index contributed by atoms with van der Waals surface area (Å²) in [5.41, 5.74) is 7.42. The number of halogens is 2. The topological polar surface area (TPSA) is 175 Å². The van der Waals surface area contributed by atoms with Gasteiger partial charge in [-0.05, 0) is 54.9 Å². The van der Waals surface area contributed by atoms with Gasteiger partial charge in [0.05, 0.1) is 50.0 Å². The fourth-order valence-corrected chi connectivity index (χ4v) is 7.52. The third-order valence-electron chi connectivity index (χ3n) is 10.5. The molecule has 1 aliphatic heterocycles. The Labute approximate surface area is 323 Å². The van der Waals surface area contributed by atoms with Gasteiger partial charge in [-0.15, -0.1) is 0 Å². The summed E-state index contributed by atoms with van der Waals surface area (Å²) in [6.45, 7) is 7.66. The first-order valence-electron chi connectivity index (χ1n) is 18.7. The van der Waals surface area contributed by atoms with E-state index in [4.69, 9.17) is 4.74 Å². The molecule has 0 radical (unpaired) electrons. The molecule has 298 valence electrons. The zero-order valence-corrected chi connectivity index (χ0v) is 32.3. The molecule has 1 aliphatic carbocycles. The molecule has 3 heterocycles. The van der Waals surface area contributed by atoms with Crippen molar-refractivity contribution in [3.63, 3.8) is 0 Å². The fourth-order valence-electron chi connectivity index (χ4n) is 7.52. The number of carbonyl (C=O) groups excluding carboxylic acids is 4. The zero-order chi connectivity index (χ0) is 40.3. The number of hydrogen-bond donors (Lipinski definition) is 4. The second-order valence-electron chi connectivity index (χ2n) is 14.9. The Morgan fingerprint density at radius 2 is 1.36 bits per heavy atom. The number of benzene rings is 2. The molecule has 2 fully saturated rings. The molecule has 4 atom stereocenters. The molecule has 4 amide bonds. The maximum absolute atomic E-state index is 14.8. The number of H-pyrrole nitrogens is 2. The van der Waals surface area contributed by atoms with Crippen LogP contribution in [0.25, 0.3) is 33.6 Å². The highest BCUT2D eigenvalue weighted by Crippen LogP contribution is 2.48. The van der Waals surface area contributed by atoms with Crippen LogP contribution in [0, 0.1) is 11.8 Å². The number of carbonyl (C=O) groups is 4. The number of alkyl halides is 2. The van der Waals surface area contributed by atoms with E-state index in [0.29, 0.717) is 18.1 Å². The molecule has 16 heteroatoms. The van der Waals surface area contributed by atoms with E-state index in [1.54, 1.807) is 31.1 Å². The third kappa shape index (κ3) is 8.53. The lowest BCUT2D eigenvalue weighted by Gasteiger charge is -2.30. The summed E-state index contributed by atoms with van der Waals surface area (Å²) in [5.74, 6) is -5.04. The average Bonchev–Trinajstić information content (AvgIpc) is 4.01. The maximum atomic E-state index is 14.8. The number of nitrogens with zero attached hydrogens (tertiary/aromatic N) is 4. The van der Waals surface area contributed by atoms with Crippen molar-refractivity contribution in [1.82, 2.24) is 40.6 Å². The highest BCUT2D eigenvalue weighted by molar-refractivity contribution is 5.86. The highest BCUT2D eigenvalue weighted by atomic mass is 19.3. The van der Waals surface area contributed by atoms with E-state index in [-0.39, 0.29) is 23.7 Å². The molecule has 1 saturated carbocycles. The summed E-state index contributed by atoms with van der Waals surface area (Å²) in [7, 11) is 2.43. The third-order valence-corrected chi connectivity index (χ3v) is 10.5. The highest BCUT2D eigenvalue weighted by Gasteiger charge is 2.52. The number of hydrazine groups is 1. The number of aromatic nitrogens is 4. The molecular formula is C40H48F2N8O6. The number of aromatic amines is 2. The van der Waals surface area contributed by atoms with Crippen molar-refractivity contribution in [3.05, 3.63) is 72.6 Å². The SMILES string of the molecule is COC(=O)N[C@H](C(=O)N1CCCC1c1ncc(-c2ccc(-c3ccc(-c4cnc(C5CC(F)(F)CC5C(=O)N(NC(=O)OC)C(C)C)[nH]4)cc3)cc2)[nH]1)C(C)C. The number of methoxy groups -OCH3 is 2. The first-order valence-corrected chi connectivity index (χ1v) is 18.7. The van der Waals surface area contributed by atoms with E-state index in [2.05, 4.69) is 35.4 Å². The lowest BCUT2D eigenvalue weighted by atomic mass is 9.94. The van der Waals surface area contributed by atoms with E-state index in [1.165, 1.54) is 7.11 Å². The molecule has 0 bridgehead atoms. The monoisotopic (exact) mass is 774 g/mol. The summed E-state index contributed by atoms with van der Waals surface area (Å²) in [5, 5.41) is 3.71. The molecule has 4 N–H and O–H groups in total. The summed E-state index contributed by atoms with van der Waals surface area (Å²) < 4.78 is 38.9. The molecule has 4 aromatic rings. The summed E-state index contributed by atoms with van der Waals surface area (Å²) in [6.07, 6.45) is 2.18. The second-order valence-corrected chi connectivity index (χ2v) is 14.9. The van der Waals surface area contributed by atoms with Gasteiger partial charge < -0.3 is 29.7 Å². The fraction of sp³-hybridized carbons (Fsp3) is 0.450. The maximum Gasteiger partial charge on any atom is 0.425 e. The zero-order valence-electron chi connectivity index (χ0n) is 32.3. The lowest BCUT2D eigenvalue weighted by molar-refractivity contribution is -0.141. The summed E-state index contributed by atoms with van der Waals surface area (Å²) in [6, 6.07) is 14.3. The first kappa shape index (κ1) is 39.9. The molecule has 6 rings (SSSR count). The van der Waals surface area contributed by atoms with Crippen molar-refractivity contribution in [3.8, 4) is 33.6 Å². The van der Waals surface area contributed by atoms with Crippen molar-refractivity contribution in [1.29, 1.82) is 0 Å². The first-order chi connectivity index (χ1) is 26.7. The summed E-state index contributed by atoms with van der Waals surface area (Å²) >= 11 is 0. The van der Waals surface area contributed by atoms with Crippen LogP contribution in [0.2, 0.25) is 0 Å². The standard InChI is InChI=1S/C40H48F2N8O6/c1-22(2)33(47-38(53)55-5)37(52)49-17-7-8-32(49)35-44-21-31(46-35)27-15-11-25(12-16-27)24-9-13-26(14-10-24)30-20-43-34(45-30)28-18-40(41,42)19-29(28)36(51)50(23(3)4)48-39(54)56-6/h9-16,20-23,28-29,32-33H,7-8,17-19H2,1-6H3,(H,43,45)(H,44,46)(H,47,53)(H,48,54)/t28?,29?,32?,33-/m0/s1. The van der Waals surface area contributed by atoms with Crippen molar-refractivity contribution in [2.75, 3.05) is 20.8 Å². The minimum atomic E-state index is -3.08. The Morgan fingerprint density at radius 1 is 0.821 bits per heavy atom. The van der Waals surface area contributed by atoms with Crippen LogP contribution in [0.15, 0.2) is 60.9 Å². The van der Waals surface area contributed by atoms with Crippen molar-refractivity contribution < 1.29 is 37.4 Å². The number of ether oxygens (including phenoxy) is 2. The molecule has 0 spiro atoms. The number of rotatable bonds is 10. The lowest BCUT2D eigenvalue weighted by Crippen LogP contribution is -2.52. The van der Waals surface area contributed by atoms with Crippen LogP contribution in [0.4, 0.5) is 18.4 Å². The number of amides is 4. The van der Waals surface area contributed by atoms with Gasteiger partial charge in [0.1, 0.15) is 17.7 Å². The number of nitrogens with one attached hydrogen (secondary N) is 4. The van der Waals surface area contributed by atoms with Crippen LogP contribution in [-0.2, 0) is 19.1 Å². The van der Waals surface area contributed by atoms with Gasteiger partial charge in [-0.1, -0.05) is 62.4 Å². The van der Waals surface area contributed by atoms with E-state index in [0.717, 1.165) is 52.9 Å². The molecule has 2 aliphatic rings. The normalized spacial score (nSPS) is 19.5. The largest absolute Gasteiger partial charge is 0.453 e. The van der Waals surface area contributed by atoms with Crippen molar-refractivity contribution in [2.45, 2.75) is 83.3 Å². The van der Waals surface area contributed by atoms with Gasteiger partial charge in [-0.3, -0.25) is 9.59 Å². The molecule has 2 aromatic carbocycles. The van der Waals surface area contributed by atoms with Crippen LogP contribution >= 0.6 is 0 Å². The van der Waals surface area contributed by atoms with Gasteiger partial charge in [0, 0.05) is 31.3 Å². The number of hydrogen-bond acceptors (Lipinski definition) is 8. The molecule has 56 heavy (non-hydrogen) atoms. The second kappa shape index (κ2) is 16.5. The Hall–Kier alpha value is -5.80.